The normalized spacial score (nSPS) is 13.8. The Balaban J connectivity index is 1.71. The van der Waals surface area contributed by atoms with Crippen molar-refractivity contribution in [3.8, 4) is 5.75 Å². The third-order valence-corrected chi connectivity index (χ3v) is 2.97. The Labute approximate surface area is 126 Å². The molecule has 1 aliphatic heterocycles. The Bertz CT molecular complexity index is 534. The van der Waals surface area contributed by atoms with Crippen LogP contribution in [0.1, 0.15) is 39.2 Å². The van der Waals surface area contributed by atoms with Crippen LogP contribution in [-0.4, -0.2) is 17.2 Å². The summed E-state index contributed by atoms with van der Waals surface area (Å²) in [6, 6.07) is 8.38. The van der Waals surface area contributed by atoms with E-state index in [2.05, 4.69) is 49.0 Å². The van der Waals surface area contributed by atoms with E-state index in [0.717, 1.165) is 31.6 Å². The van der Waals surface area contributed by atoms with Crippen molar-refractivity contribution in [2.75, 3.05) is 6.54 Å². The molecule has 0 amide bonds. The maximum Gasteiger partial charge on any atom is 0.120 e. The fourth-order valence-electron chi connectivity index (χ4n) is 2.06. The van der Waals surface area contributed by atoms with Gasteiger partial charge in [-0.1, -0.05) is 23.1 Å². The minimum absolute atomic E-state index is 0.146. The molecule has 0 saturated heterocycles. The maximum atomic E-state index is 5.82. The molecule has 0 N–H and O–H groups in total. The lowest BCUT2D eigenvalue weighted by atomic mass is 10.1. The molecule has 0 spiro atoms. The minimum Gasteiger partial charge on any atom is -0.488 e. The molecule has 1 aliphatic rings. The number of benzene rings is 1. The quantitative estimate of drug-likeness (QED) is 0.570. The fourth-order valence-corrected chi connectivity index (χ4v) is 2.06. The van der Waals surface area contributed by atoms with Crippen LogP contribution in [0, 0.1) is 0 Å². The van der Waals surface area contributed by atoms with E-state index in [4.69, 9.17) is 4.74 Å². The van der Waals surface area contributed by atoms with Crippen LogP contribution in [0.5, 0.6) is 5.75 Å². The number of rotatable bonds is 6. The molecular formula is C17H23N3O. The summed E-state index contributed by atoms with van der Waals surface area (Å²) in [4.78, 5) is 0. The monoisotopic (exact) mass is 285 g/mol. The van der Waals surface area contributed by atoms with Gasteiger partial charge in [0.2, 0.25) is 0 Å². The fraction of sp³-hybridized carbons (Fsp3) is 0.471. The lowest BCUT2D eigenvalue weighted by Crippen LogP contribution is -2.22. The summed E-state index contributed by atoms with van der Waals surface area (Å²) in [5.74, 6) is 0.928. The van der Waals surface area contributed by atoms with Crippen LogP contribution in [0.2, 0.25) is 0 Å². The zero-order chi connectivity index (χ0) is 15.1. The van der Waals surface area contributed by atoms with E-state index in [0.29, 0.717) is 0 Å². The molecule has 1 heterocycles. The predicted octanol–water partition coefficient (Wildman–Crippen LogP) is 4.50. The smallest absolute Gasteiger partial charge is 0.120 e. The largest absolute Gasteiger partial charge is 0.488 e. The third kappa shape index (κ3) is 5.84. The van der Waals surface area contributed by atoms with Gasteiger partial charge in [0.05, 0.1) is 12.4 Å². The Kier molecular flexibility index (Phi) is 5.18. The first kappa shape index (κ1) is 15.3. The van der Waals surface area contributed by atoms with E-state index < -0.39 is 0 Å². The number of aryl methyl sites for hydroxylation is 1. The Hall–Kier alpha value is -2.06. The highest BCUT2D eigenvalue weighted by atomic mass is 16.5. The van der Waals surface area contributed by atoms with Crippen LogP contribution >= 0.6 is 0 Å². The van der Waals surface area contributed by atoms with Gasteiger partial charge in [-0.2, -0.15) is 0 Å². The molecule has 0 saturated carbocycles. The topological polar surface area (TPSA) is 37.2 Å². The lowest BCUT2D eigenvalue weighted by Gasteiger charge is -2.21. The van der Waals surface area contributed by atoms with Crippen LogP contribution in [-0.2, 0) is 6.42 Å². The van der Waals surface area contributed by atoms with Gasteiger partial charge in [-0.25, -0.2) is 5.01 Å². The average Bonchev–Trinajstić information content (AvgIpc) is 2.45. The van der Waals surface area contributed by atoms with Crippen LogP contribution in [0.15, 0.2) is 52.7 Å². The summed E-state index contributed by atoms with van der Waals surface area (Å²) < 4.78 is 5.82. The summed E-state index contributed by atoms with van der Waals surface area (Å²) >= 11 is 0. The zero-order valence-corrected chi connectivity index (χ0v) is 13.0. The number of nitrogens with zero attached hydrogens (tertiary/aromatic N) is 3. The molecule has 2 rings (SSSR count). The Morgan fingerprint density at radius 1 is 1.14 bits per heavy atom. The van der Waals surface area contributed by atoms with Gasteiger partial charge in [-0.05, 0) is 57.7 Å². The molecule has 0 bridgehead atoms. The van der Waals surface area contributed by atoms with Crippen molar-refractivity contribution >= 4 is 0 Å². The second-order valence-corrected chi connectivity index (χ2v) is 6.11. The molecule has 0 fully saturated rings. The standard InChI is InChI=1S/C17H23N3O/c1-17(2,3)21-16-10-8-15(9-11-16)7-4-5-13-20-14-6-12-18-19-20/h8-12,14H,4-5,7,13H2,1-3H3. The Morgan fingerprint density at radius 3 is 2.52 bits per heavy atom. The highest BCUT2D eigenvalue weighted by Gasteiger charge is 2.11. The van der Waals surface area contributed by atoms with E-state index in [9.17, 15) is 0 Å². The first-order valence-electron chi connectivity index (χ1n) is 7.39. The van der Waals surface area contributed by atoms with E-state index in [1.165, 1.54) is 5.56 Å². The van der Waals surface area contributed by atoms with Crippen LogP contribution in [0.25, 0.3) is 0 Å². The highest BCUT2D eigenvalue weighted by molar-refractivity contribution is 5.27. The maximum absolute atomic E-state index is 5.82. The van der Waals surface area contributed by atoms with Gasteiger partial charge in [-0.3, -0.25) is 0 Å². The molecule has 0 radical (unpaired) electrons. The first-order valence-corrected chi connectivity index (χ1v) is 7.39. The van der Waals surface area contributed by atoms with Gasteiger partial charge in [0.1, 0.15) is 11.4 Å². The molecular weight excluding hydrogens is 262 g/mol. The summed E-state index contributed by atoms with van der Waals surface area (Å²) in [6.45, 7) is 7.06. The van der Waals surface area contributed by atoms with Gasteiger partial charge >= 0.3 is 0 Å². The summed E-state index contributed by atoms with van der Waals surface area (Å²) in [5, 5.41) is 9.61. The van der Waals surface area contributed by atoms with Crippen LogP contribution < -0.4 is 4.74 Å². The van der Waals surface area contributed by atoms with Crippen molar-refractivity contribution in [3.05, 3.63) is 48.0 Å². The van der Waals surface area contributed by atoms with E-state index >= 15 is 0 Å². The lowest BCUT2D eigenvalue weighted by molar-refractivity contribution is 0.131. The third-order valence-electron chi connectivity index (χ3n) is 2.97. The number of hydrogen-bond acceptors (Lipinski definition) is 4. The van der Waals surface area contributed by atoms with Gasteiger partial charge < -0.3 is 4.74 Å². The molecule has 21 heavy (non-hydrogen) atoms. The molecule has 0 atom stereocenters. The number of ether oxygens (including phenoxy) is 1. The summed E-state index contributed by atoms with van der Waals surface area (Å²) in [5.41, 5.74) is 4.11. The second-order valence-electron chi connectivity index (χ2n) is 6.11. The zero-order valence-electron chi connectivity index (χ0n) is 13.0. The summed E-state index contributed by atoms with van der Waals surface area (Å²) in [7, 11) is 0. The molecule has 0 aromatic heterocycles. The van der Waals surface area contributed by atoms with E-state index in [1.807, 2.05) is 23.3 Å². The van der Waals surface area contributed by atoms with Crippen molar-refractivity contribution in [3.63, 3.8) is 0 Å². The van der Waals surface area contributed by atoms with Crippen molar-refractivity contribution < 1.29 is 4.74 Å². The minimum atomic E-state index is -0.146. The Morgan fingerprint density at radius 2 is 1.90 bits per heavy atom. The van der Waals surface area contributed by atoms with Crippen molar-refractivity contribution in [2.45, 2.75) is 45.6 Å². The molecule has 4 nitrogen and oxygen atoms in total. The molecule has 112 valence electrons. The SMILES string of the molecule is CC(C)(C)Oc1ccc(CCCCN2C=C=CN=N2)cc1. The van der Waals surface area contributed by atoms with Crippen LogP contribution in [0.3, 0.4) is 0 Å². The molecule has 1 aromatic carbocycles. The number of unbranched alkanes of at least 4 members (excludes halogenated alkanes) is 1. The van der Waals surface area contributed by atoms with Gasteiger partial charge in [0, 0.05) is 6.54 Å². The van der Waals surface area contributed by atoms with E-state index in [-0.39, 0.29) is 5.60 Å². The highest BCUT2D eigenvalue weighted by Crippen LogP contribution is 2.19. The molecule has 0 unspecified atom stereocenters. The average molecular weight is 285 g/mol. The van der Waals surface area contributed by atoms with Gasteiger partial charge in [0.15, 0.2) is 0 Å². The van der Waals surface area contributed by atoms with Gasteiger partial charge in [0.25, 0.3) is 0 Å². The molecule has 0 aliphatic carbocycles. The van der Waals surface area contributed by atoms with Crippen molar-refractivity contribution in [2.24, 2.45) is 10.3 Å². The van der Waals surface area contributed by atoms with Crippen molar-refractivity contribution in [1.29, 1.82) is 0 Å². The molecule has 1 aromatic rings. The number of hydrogen-bond donors (Lipinski definition) is 0. The first-order chi connectivity index (χ1) is 10.0. The molecule has 4 heteroatoms. The second kappa shape index (κ2) is 7.09. The van der Waals surface area contributed by atoms with Crippen LogP contribution in [0.4, 0.5) is 0 Å². The predicted molar refractivity (Wildman–Crippen MR) is 84.0 cm³/mol. The van der Waals surface area contributed by atoms with Crippen molar-refractivity contribution in [1.82, 2.24) is 5.01 Å². The van der Waals surface area contributed by atoms with E-state index in [1.54, 1.807) is 6.20 Å². The summed E-state index contributed by atoms with van der Waals surface area (Å²) in [6.07, 6.45) is 6.67. The van der Waals surface area contributed by atoms with Gasteiger partial charge in [-0.15, -0.1) is 5.11 Å².